The van der Waals surface area contributed by atoms with E-state index in [9.17, 15) is 8.42 Å². The van der Waals surface area contributed by atoms with Crippen molar-refractivity contribution in [3.8, 4) is 0 Å². The zero-order chi connectivity index (χ0) is 14.4. The summed E-state index contributed by atoms with van der Waals surface area (Å²) in [6, 6.07) is 7.61. The molecule has 0 amide bonds. The molecule has 5 nitrogen and oxygen atoms in total. The first-order chi connectivity index (χ1) is 9.63. The van der Waals surface area contributed by atoms with Gasteiger partial charge >= 0.3 is 0 Å². The molecule has 1 heterocycles. The van der Waals surface area contributed by atoms with Crippen LogP contribution in [0.4, 0.5) is 11.4 Å². The van der Waals surface area contributed by atoms with E-state index < -0.39 is 10.0 Å². The molecule has 1 saturated heterocycles. The Labute approximate surface area is 121 Å². The second-order valence-corrected chi connectivity index (χ2v) is 7.08. The molecule has 3 N–H and O–H groups in total. The Morgan fingerprint density at radius 2 is 1.90 bits per heavy atom. The Morgan fingerprint density at radius 3 is 2.50 bits per heavy atom. The first-order valence-electron chi connectivity index (χ1n) is 7.18. The molecular formula is C14H23N3O2S. The van der Waals surface area contributed by atoms with Crippen LogP contribution in [0.1, 0.15) is 25.7 Å². The van der Waals surface area contributed by atoms with Crippen LogP contribution in [0.2, 0.25) is 0 Å². The lowest BCUT2D eigenvalue weighted by Gasteiger charge is -2.17. The normalized spacial score (nSPS) is 17.4. The van der Waals surface area contributed by atoms with Crippen molar-refractivity contribution < 1.29 is 8.42 Å². The second-order valence-electron chi connectivity index (χ2n) is 5.06. The molecule has 1 aliphatic rings. The van der Waals surface area contributed by atoms with Gasteiger partial charge in [0.15, 0.2) is 0 Å². The maximum atomic E-state index is 11.8. The number of nitrogens with zero attached hydrogens (tertiary/aromatic N) is 1. The van der Waals surface area contributed by atoms with Crippen LogP contribution in [0.3, 0.4) is 0 Å². The number of benzene rings is 1. The van der Waals surface area contributed by atoms with Gasteiger partial charge in [-0.3, -0.25) is 4.31 Å². The molecule has 1 aromatic rings. The van der Waals surface area contributed by atoms with Gasteiger partial charge in [-0.2, -0.15) is 0 Å². The highest BCUT2D eigenvalue weighted by molar-refractivity contribution is 7.93. The van der Waals surface area contributed by atoms with E-state index >= 15 is 0 Å². The van der Waals surface area contributed by atoms with Crippen molar-refractivity contribution in [3.05, 3.63) is 24.3 Å². The summed E-state index contributed by atoms with van der Waals surface area (Å²) in [4.78, 5) is 0. The molecule has 0 bridgehead atoms. The van der Waals surface area contributed by atoms with Gasteiger partial charge in [0.2, 0.25) is 10.0 Å². The van der Waals surface area contributed by atoms with Crippen molar-refractivity contribution in [1.82, 2.24) is 0 Å². The molecule has 1 aromatic carbocycles. The monoisotopic (exact) mass is 297 g/mol. The molecule has 6 heteroatoms. The lowest BCUT2D eigenvalue weighted by Crippen LogP contribution is -2.24. The molecule has 0 aromatic heterocycles. The number of nitrogens with two attached hydrogens (primary N) is 1. The van der Waals surface area contributed by atoms with E-state index in [4.69, 9.17) is 5.73 Å². The maximum Gasteiger partial charge on any atom is 0.235 e. The first-order valence-corrected chi connectivity index (χ1v) is 8.79. The number of nitrogens with one attached hydrogen (secondary N) is 1. The molecule has 20 heavy (non-hydrogen) atoms. The minimum atomic E-state index is -3.08. The number of hydrogen-bond acceptors (Lipinski definition) is 4. The molecule has 0 unspecified atom stereocenters. The van der Waals surface area contributed by atoms with E-state index in [1.807, 2.05) is 24.3 Å². The number of unbranched alkanes of at least 4 members (excludes halogenated alkanes) is 2. The van der Waals surface area contributed by atoms with Crippen LogP contribution in [0.5, 0.6) is 0 Å². The highest BCUT2D eigenvalue weighted by Gasteiger charge is 2.28. The number of rotatable bonds is 7. The van der Waals surface area contributed by atoms with Gasteiger partial charge in [-0.15, -0.1) is 0 Å². The number of hydrogen-bond donors (Lipinski definition) is 2. The second kappa shape index (κ2) is 6.95. The summed E-state index contributed by atoms with van der Waals surface area (Å²) in [7, 11) is -3.08. The van der Waals surface area contributed by atoms with Crippen LogP contribution in [-0.4, -0.2) is 33.8 Å². The van der Waals surface area contributed by atoms with E-state index in [1.54, 1.807) is 0 Å². The molecule has 1 fully saturated rings. The fourth-order valence-corrected chi connectivity index (χ4v) is 3.92. The predicted molar refractivity (Wildman–Crippen MR) is 83.6 cm³/mol. The van der Waals surface area contributed by atoms with Crippen molar-refractivity contribution in [3.63, 3.8) is 0 Å². The summed E-state index contributed by atoms with van der Waals surface area (Å²) >= 11 is 0. The van der Waals surface area contributed by atoms with Gasteiger partial charge in [-0.25, -0.2) is 8.42 Å². The minimum Gasteiger partial charge on any atom is -0.385 e. The van der Waals surface area contributed by atoms with Gasteiger partial charge in [-0.1, -0.05) is 6.42 Å². The summed E-state index contributed by atoms with van der Waals surface area (Å²) in [6.45, 7) is 2.26. The summed E-state index contributed by atoms with van der Waals surface area (Å²) in [5, 5.41) is 3.33. The summed E-state index contributed by atoms with van der Waals surface area (Å²) in [5.74, 6) is 0.258. The van der Waals surface area contributed by atoms with Crippen LogP contribution < -0.4 is 15.4 Å². The smallest absolute Gasteiger partial charge is 0.235 e. The van der Waals surface area contributed by atoms with E-state index in [-0.39, 0.29) is 5.75 Å². The quantitative estimate of drug-likeness (QED) is 0.752. The average Bonchev–Trinajstić information content (AvgIpc) is 2.79. The van der Waals surface area contributed by atoms with E-state index in [1.165, 1.54) is 4.31 Å². The topological polar surface area (TPSA) is 75.4 Å². The fourth-order valence-electron chi connectivity index (χ4n) is 2.35. The molecule has 2 rings (SSSR count). The summed E-state index contributed by atoms with van der Waals surface area (Å²) in [6.07, 6.45) is 4.00. The zero-order valence-corrected chi connectivity index (χ0v) is 12.5. The fraction of sp³-hybridized carbons (Fsp3) is 0.571. The Balaban J connectivity index is 1.87. The van der Waals surface area contributed by atoms with Crippen molar-refractivity contribution in [2.24, 2.45) is 5.73 Å². The molecule has 0 spiro atoms. The Bertz CT molecular complexity index is 514. The van der Waals surface area contributed by atoms with Crippen LogP contribution in [0, 0.1) is 0 Å². The molecule has 1 aliphatic heterocycles. The predicted octanol–water partition coefficient (Wildman–Crippen LogP) is 1.77. The van der Waals surface area contributed by atoms with E-state index in [0.29, 0.717) is 13.0 Å². The largest absolute Gasteiger partial charge is 0.385 e. The van der Waals surface area contributed by atoms with Crippen molar-refractivity contribution in [1.29, 1.82) is 0 Å². The number of sulfonamides is 1. The van der Waals surface area contributed by atoms with Gasteiger partial charge in [0.1, 0.15) is 0 Å². The summed E-state index contributed by atoms with van der Waals surface area (Å²) < 4.78 is 25.1. The SMILES string of the molecule is NCCCCCNc1ccc(N2CCCS2(=O)=O)cc1. The molecule has 112 valence electrons. The highest BCUT2D eigenvalue weighted by atomic mass is 32.2. The van der Waals surface area contributed by atoms with Crippen LogP contribution >= 0.6 is 0 Å². The van der Waals surface area contributed by atoms with Crippen LogP contribution in [-0.2, 0) is 10.0 Å². The van der Waals surface area contributed by atoms with E-state index in [2.05, 4.69) is 5.32 Å². The summed E-state index contributed by atoms with van der Waals surface area (Å²) in [5.41, 5.74) is 7.23. The third-order valence-electron chi connectivity index (χ3n) is 3.46. The Kier molecular flexibility index (Phi) is 5.25. The highest BCUT2D eigenvalue weighted by Crippen LogP contribution is 2.25. The standard InChI is InChI=1S/C14H23N3O2S/c15-9-2-1-3-10-16-13-5-7-14(8-6-13)17-11-4-12-20(17,18)19/h5-8,16H,1-4,9-12,15H2. The van der Waals surface area contributed by atoms with E-state index in [0.717, 1.165) is 43.7 Å². The number of anilines is 2. The van der Waals surface area contributed by atoms with Gasteiger partial charge in [0, 0.05) is 18.8 Å². The van der Waals surface area contributed by atoms with Crippen LogP contribution in [0.15, 0.2) is 24.3 Å². The lowest BCUT2D eigenvalue weighted by molar-refractivity contribution is 0.599. The van der Waals surface area contributed by atoms with Crippen molar-refractivity contribution >= 4 is 21.4 Å². The van der Waals surface area contributed by atoms with Gasteiger partial charge in [-0.05, 0) is 50.1 Å². The lowest BCUT2D eigenvalue weighted by atomic mass is 10.2. The average molecular weight is 297 g/mol. The van der Waals surface area contributed by atoms with Gasteiger partial charge in [0.25, 0.3) is 0 Å². The zero-order valence-electron chi connectivity index (χ0n) is 11.7. The van der Waals surface area contributed by atoms with Crippen LogP contribution in [0.25, 0.3) is 0 Å². The molecule has 0 saturated carbocycles. The maximum absolute atomic E-state index is 11.8. The van der Waals surface area contributed by atoms with Gasteiger partial charge in [0.05, 0.1) is 11.4 Å². The van der Waals surface area contributed by atoms with Crippen molar-refractivity contribution in [2.75, 3.05) is 35.0 Å². The van der Waals surface area contributed by atoms with Crippen molar-refractivity contribution in [2.45, 2.75) is 25.7 Å². The minimum absolute atomic E-state index is 0.258. The molecule has 0 radical (unpaired) electrons. The molecule has 0 aliphatic carbocycles. The Hall–Kier alpha value is -1.27. The Morgan fingerprint density at radius 1 is 1.15 bits per heavy atom. The third-order valence-corrected chi connectivity index (χ3v) is 5.33. The third kappa shape index (κ3) is 3.86. The van der Waals surface area contributed by atoms with Gasteiger partial charge < -0.3 is 11.1 Å². The molecular weight excluding hydrogens is 274 g/mol. The first kappa shape index (κ1) is 15.1. The molecule has 0 atom stereocenters.